The van der Waals surface area contributed by atoms with Crippen LogP contribution < -0.4 is 15.6 Å². The fourth-order valence-electron chi connectivity index (χ4n) is 5.09. The molecule has 2 aliphatic rings. The molecule has 1 atom stereocenters. The molecule has 8 nitrogen and oxygen atoms in total. The van der Waals surface area contributed by atoms with E-state index in [1.54, 1.807) is 35.3 Å². The van der Waals surface area contributed by atoms with Gasteiger partial charge in [0.15, 0.2) is 0 Å². The van der Waals surface area contributed by atoms with E-state index in [4.69, 9.17) is 0 Å². The Balaban J connectivity index is 1.38. The Morgan fingerprint density at radius 3 is 2.50 bits per heavy atom. The minimum absolute atomic E-state index is 0.0667. The van der Waals surface area contributed by atoms with E-state index < -0.39 is 12.0 Å². The second kappa shape index (κ2) is 9.79. The van der Waals surface area contributed by atoms with Crippen molar-refractivity contribution >= 4 is 17.6 Å². The van der Waals surface area contributed by atoms with Crippen molar-refractivity contribution in [2.75, 3.05) is 5.32 Å². The largest absolute Gasteiger partial charge is 0.337 e. The van der Waals surface area contributed by atoms with Gasteiger partial charge in [-0.1, -0.05) is 0 Å². The normalized spacial score (nSPS) is 16.1. The SMILES string of the molecule is CCn1nccc1C(=O)N[C@H](C(=O)Nc1ccc(-c2cc(C)cnc2C)c(F)[nH+]1)C(C1CC1)C1CC1. The average molecular weight is 492 g/mol. The molecule has 0 saturated heterocycles. The second-order valence-corrected chi connectivity index (χ2v) is 9.97. The second-order valence-electron chi connectivity index (χ2n) is 9.97. The van der Waals surface area contributed by atoms with Crippen LogP contribution in [0, 0.1) is 37.5 Å². The maximum atomic E-state index is 15.1. The number of hydrogen-bond donors (Lipinski definition) is 2. The van der Waals surface area contributed by atoms with Crippen LogP contribution in [0.2, 0.25) is 0 Å². The first kappa shape index (κ1) is 24.1. The van der Waals surface area contributed by atoms with Crippen molar-refractivity contribution in [3.05, 3.63) is 59.6 Å². The molecule has 5 rings (SSSR count). The van der Waals surface area contributed by atoms with Crippen LogP contribution in [-0.4, -0.2) is 32.6 Å². The van der Waals surface area contributed by atoms with E-state index in [0.717, 1.165) is 36.9 Å². The van der Waals surface area contributed by atoms with Gasteiger partial charge >= 0.3 is 5.91 Å². The maximum absolute atomic E-state index is 15.1. The van der Waals surface area contributed by atoms with Crippen molar-refractivity contribution in [2.45, 2.75) is 59.0 Å². The van der Waals surface area contributed by atoms with Crippen molar-refractivity contribution < 1.29 is 19.0 Å². The molecule has 2 aliphatic carbocycles. The Hall–Kier alpha value is -3.62. The van der Waals surface area contributed by atoms with Gasteiger partial charge in [0.2, 0.25) is 0 Å². The number of aryl methyl sites for hydroxylation is 3. The van der Waals surface area contributed by atoms with E-state index >= 15 is 4.39 Å². The molecule has 0 spiro atoms. The van der Waals surface area contributed by atoms with E-state index in [-0.39, 0.29) is 23.6 Å². The maximum Gasteiger partial charge on any atom is 0.330 e. The van der Waals surface area contributed by atoms with Gasteiger partial charge in [-0.15, -0.1) is 0 Å². The Labute approximate surface area is 209 Å². The van der Waals surface area contributed by atoms with Gasteiger partial charge in [0.05, 0.1) is 5.56 Å². The Morgan fingerprint density at radius 2 is 1.86 bits per heavy atom. The predicted octanol–water partition coefficient (Wildman–Crippen LogP) is 3.71. The first-order valence-corrected chi connectivity index (χ1v) is 12.6. The third-order valence-corrected chi connectivity index (χ3v) is 7.20. The summed E-state index contributed by atoms with van der Waals surface area (Å²) in [5, 5.41) is 9.99. The van der Waals surface area contributed by atoms with Crippen molar-refractivity contribution in [3.63, 3.8) is 0 Å². The number of rotatable bonds is 9. The number of nitrogens with zero attached hydrogens (tertiary/aromatic N) is 3. The minimum Gasteiger partial charge on any atom is -0.337 e. The molecule has 0 bridgehead atoms. The van der Waals surface area contributed by atoms with Crippen LogP contribution in [0.4, 0.5) is 10.2 Å². The molecule has 0 unspecified atom stereocenters. The number of H-pyrrole nitrogens is 1. The van der Waals surface area contributed by atoms with Gasteiger partial charge in [-0.05, 0) is 88.0 Å². The summed E-state index contributed by atoms with van der Waals surface area (Å²) in [6, 6.07) is 6.11. The summed E-state index contributed by atoms with van der Waals surface area (Å²) < 4.78 is 16.7. The van der Waals surface area contributed by atoms with E-state index in [1.165, 1.54) is 0 Å². The number of anilines is 1. The van der Waals surface area contributed by atoms with Gasteiger partial charge in [-0.3, -0.25) is 14.5 Å². The summed E-state index contributed by atoms with van der Waals surface area (Å²) in [7, 11) is 0. The number of hydrogen-bond acceptors (Lipinski definition) is 4. The molecule has 2 fully saturated rings. The van der Waals surface area contributed by atoms with E-state index in [2.05, 4.69) is 25.7 Å². The minimum atomic E-state index is -0.711. The number of aromatic nitrogens is 4. The molecule has 9 heteroatoms. The van der Waals surface area contributed by atoms with Crippen LogP contribution in [0.25, 0.3) is 11.1 Å². The number of pyridine rings is 2. The molecular weight excluding hydrogens is 459 g/mol. The lowest BCUT2D eigenvalue weighted by Gasteiger charge is -2.25. The zero-order valence-corrected chi connectivity index (χ0v) is 20.8. The number of amides is 2. The number of carbonyl (C=O) groups excluding carboxylic acids is 2. The summed E-state index contributed by atoms with van der Waals surface area (Å²) in [6.45, 7) is 6.20. The smallest absolute Gasteiger partial charge is 0.330 e. The van der Waals surface area contributed by atoms with Gasteiger partial charge in [-0.2, -0.15) is 9.49 Å². The number of halogens is 1. The van der Waals surface area contributed by atoms with Crippen LogP contribution in [0.3, 0.4) is 0 Å². The molecule has 0 aliphatic heterocycles. The standard InChI is InChI=1S/C27H31FN6O2/c1-4-34-21(11-12-30-34)26(35)33-24(23(17-5-6-17)18-7-8-18)27(36)32-22-10-9-19(25(28)31-22)20-13-15(2)14-29-16(20)3/h9-14,17-18,23-24H,4-8H2,1-3H3,(H,33,35)(H,31,32,36)/p+1/t24-/m0/s1. The van der Waals surface area contributed by atoms with Gasteiger partial charge < -0.3 is 5.32 Å². The fourth-order valence-corrected chi connectivity index (χ4v) is 5.09. The summed E-state index contributed by atoms with van der Waals surface area (Å²) >= 11 is 0. The third-order valence-electron chi connectivity index (χ3n) is 7.20. The zero-order valence-electron chi connectivity index (χ0n) is 20.8. The van der Waals surface area contributed by atoms with Gasteiger partial charge in [0, 0.05) is 36.3 Å². The van der Waals surface area contributed by atoms with Crippen molar-refractivity contribution in [1.29, 1.82) is 0 Å². The summed E-state index contributed by atoms with van der Waals surface area (Å²) in [4.78, 5) is 33.7. The van der Waals surface area contributed by atoms with Gasteiger partial charge in [0.25, 0.3) is 17.7 Å². The third kappa shape index (κ3) is 5.01. The van der Waals surface area contributed by atoms with Crippen LogP contribution >= 0.6 is 0 Å². The number of carbonyl (C=O) groups is 2. The molecule has 2 amide bonds. The highest BCUT2D eigenvalue weighted by molar-refractivity contribution is 6.00. The summed E-state index contributed by atoms with van der Waals surface area (Å²) in [6.07, 6.45) is 7.57. The fraction of sp³-hybridized carbons (Fsp3) is 0.444. The molecular formula is C27H32FN6O2+. The molecule has 3 aromatic rings. The zero-order chi connectivity index (χ0) is 25.4. The van der Waals surface area contributed by atoms with Crippen LogP contribution in [0.5, 0.6) is 0 Å². The highest BCUT2D eigenvalue weighted by Crippen LogP contribution is 2.50. The van der Waals surface area contributed by atoms with E-state index in [0.29, 0.717) is 35.2 Å². The first-order valence-electron chi connectivity index (χ1n) is 12.6. The monoisotopic (exact) mass is 491 g/mol. The molecule has 3 aromatic heterocycles. The van der Waals surface area contributed by atoms with Crippen molar-refractivity contribution in [1.82, 2.24) is 20.1 Å². The highest BCUT2D eigenvalue weighted by Gasteiger charge is 2.49. The van der Waals surface area contributed by atoms with Crippen LogP contribution in [0.15, 0.2) is 36.7 Å². The number of nitrogens with one attached hydrogen (secondary N) is 3. The van der Waals surface area contributed by atoms with Gasteiger partial charge in [0.1, 0.15) is 11.7 Å². The van der Waals surface area contributed by atoms with Crippen molar-refractivity contribution in [2.24, 2.45) is 17.8 Å². The molecule has 0 radical (unpaired) electrons. The Morgan fingerprint density at radius 1 is 1.14 bits per heavy atom. The molecule has 36 heavy (non-hydrogen) atoms. The molecule has 3 heterocycles. The topological polar surface area (TPSA) is 103 Å². The lowest BCUT2D eigenvalue weighted by atomic mass is 9.88. The molecule has 2 saturated carbocycles. The molecule has 188 valence electrons. The van der Waals surface area contributed by atoms with Crippen molar-refractivity contribution in [3.8, 4) is 11.1 Å². The number of aromatic amines is 1. The summed E-state index contributed by atoms with van der Waals surface area (Å²) in [5.74, 6) is -0.0780. The Bertz CT molecular complexity index is 1290. The average Bonchev–Trinajstić information content (AvgIpc) is 3.80. The molecule has 0 aromatic carbocycles. The van der Waals surface area contributed by atoms with Gasteiger partial charge in [-0.25, -0.2) is 15.1 Å². The summed E-state index contributed by atoms with van der Waals surface area (Å²) in [5.41, 5.74) is 3.15. The molecule has 3 N–H and O–H groups in total. The Kier molecular flexibility index (Phi) is 6.55. The van der Waals surface area contributed by atoms with Crippen LogP contribution in [-0.2, 0) is 11.3 Å². The lowest BCUT2D eigenvalue weighted by molar-refractivity contribution is -0.404. The lowest BCUT2D eigenvalue weighted by Crippen LogP contribution is -2.50. The van der Waals surface area contributed by atoms with E-state index in [9.17, 15) is 9.59 Å². The quantitative estimate of drug-likeness (QED) is 0.446. The van der Waals surface area contributed by atoms with Crippen LogP contribution in [0.1, 0.15) is 54.4 Å². The predicted molar refractivity (Wildman–Crippen MR) is 132 cm³/mol. The van der Waals surface area contributed by atoms with E-state index in [1.807, 2.05) is 26.8 Å². The highest BCUT2D eigenvalue weighted by atomic mass is 19.1. The first-order chi connectivity index (χ1) is 17.4.